The molecule has 0 saturated heterocycles. The normalized spacial score (nSPS) is 10.1. The Morgan fingerprint density at radius 3 is 1.07 bits per heavy atom. The predicted octanol–water partition coefficient (Wildman–Crippen LogP) is 7.35. The van der Waals surface area contributed by atoms with Crippen molar-refractivity contribution in [3.63, 3.8) is 0 Å². The first kappa shape index (κ1) is 30.4. The van der Waals surface area contributed by atoms with Crippen molar-refractivity contribution in [1.82, 2.24) is 0 Å². The molecule has 4 nitrogen and oxygen atoms in total. The molecule has 0 saturated carbocycles. The summed E-state index contributed by atoms with van der Waals surface area (Å²) in [4.78, 5) is 18.9. The Morgan fingerprint density at radius 2 is 0.821 bits per heavy atom. The van der Waals surface area contributed by atoms with Crippen LogP contribution in [0.1, 0.15) is 123 Å². The van der Waals surface area contributed by atoms with Gasteiger partial charge in [-0.15, -0.1) is 0 Å². The number of hydrogen-bond acceptors (Lipinski definition) is 2. The largest absolute Gasteiger partial charge is 0.481 e. The molecule has 0 aromatic rings. The Hall–Kier alpha value is 0.200. The number of carbonyl (C=O) groups is 2. The van der Waals surface area contributed by atoms with Gasteiger partial charge in [0.1, 0.15) is 6.42 Å². The molecule has 0 amide bonds. The van der Waals surface area contributed by atoms with Gasteiger partial charge in [-0.3, -0.25) is 9.59 Å². The summed E-state index contributed by atoms with van der Waals surface area (Å²) in [5.41, 5.74) is 0. The molecule has 0 aliphatic heterocycles. The molecule has 5 heteroatoms. The Morgan fingerprint density at radius 1 is 0.536 bits per heavy atom. The van der Waals surface area contributed by atoms with Crippen LogP contribution in [0.5, 0.6) is 0 Å². The minimum Gasteiger partial charge on any atom is -0.481 e. The van der Waals surface area contributed by atoms with Crippen LogP contribution in [0.4, 0.5) is 0 Å². The van der Waals surface area contributed by atoms with Gasteiger partial charge in [0, 0.05) is 0 Å². The molecule has 0 rings (SSSR count). The van der Waals surface area contributed by atoms with Crippen LogP contribution >= 0.6 is 0 Å². The fraction of sp³-hybridized carbons (Fsp3) is 0.913. The first-order valence-corrected chi connectivity index (χ1v) is 15.1. The van der Waals surface area contributed by atoms with Crippen LogP contribution in [0, 0.1) is 0 Å². The Labute approximate surface area is 192 Å². The number of carboxylic acids is 2. The molecule has 0 fully saturated rings. The summed E-state index contributed by atoms with van der Waals surface area (Å²) < 4.78 is 3.36. The predicted molar refractivity (Wildman–Crippen MR) is 120 cm³/mol. The smallest absolute Gasteiger partial charge is 0.314 e. The summed E-state index contributed by atoms with van der Waals surface area (Å²) >= 11 is -0.0921. The first-order valence-electron chi connectivity index (χ1n) is 12.0. The summed E-state index contributed by atoms with van der Waals surface area (Å²) in [6, 6.07) is 0. The summed E-state index contributed by atoms with van der Waals surface area (Å²) in [5, 5.41) is 15.4. The second-order valence-electron chi connectivity index (χ2n) is 7.97. The number of rotatable bonds is 20. The summed E-state index contributed by atoms with van der Waals surface area (Å²) in [6.45, 7) is 4.61. The molecule has 0 bridgehead atoms. The SMILES string of the molecule is CCCCCCCCCCC[CH2][Ca][CH2]CCCCCCC.O=C(O)CC(=O)O. The van der Waals surface area contributed by atoms with Gasteiger partial charge in [0.2, 0.25) is 0 Å². The quantitative estimate of drug-likeness (QED) is 0.121. The van der Waals surface area contributed by atoms with E-state index >= 15 is 0 Å². The van der Waals surface area contributed by atoms with E-state index in [1.807, 2.05) is 0 Å². The van der Waals surface area contributed by atoms with Crippen molar-refractivity contribution >= 4 is 45.8 Å². The van der Waals surface area contributed by atoms with Crippen molar-refractivity contribution < 1.29 is 19.8 Å². The number of hydrogen-bond donors (Lipinski definition) is 2. The van der Waals surface area contributed by atoms with Crippen LogP contribution in [-0.4, -0.2) is 56.0 Å². The monoisotopic (exact) mass is 426 g/mol. The third-order valence-corrected chi connectivity index (χ3v) is 8.13. The van der Waals surface area contributed by atoms with Gasteiger partial charge in [-0.1, -0.05) is 0 Å². The van der Waals surface area contributed by atoms with Gasteiger partial charge in [-0.05, 0) is 0 Å². The van der Waals surface area contributed by atoms with Crippen molar-refractivity contribution in [3.8, 4) is 0 Å². The van der Waals surface area contributed by atoms with E-state index in [2.05, 4.69) is 13.8 Å². The van der Waals surface area contributed by atoms with Gasteiger partial charge in [0.05, 0.1) is 0 Å². The van der Waals surface area contributed by atoms with Crippen molar-refractivity contribution in [3.05, 3.63) is 0 Å². The van der Waals surface area contributed by atoms with E-state index in [1.165, 1.54) is 89.9 Å². The van der Waals surface area contributed by atoms with Crippen LogP contribution in [-0.2, 0) is 9.59 Å². The van der Waals surface area contributed by atoms with Crippen LogP contribution in [0.25, 0.3) is 0 Å². The van der Waals surface area contributed by atoms with Gasteiger partial charge in [0.25, 0.3) is 0 Å². The van der Waals surface area contributed by atoms with Crippen molar-refractivity contribution in [2.45, 2.75) is 128 Å². The molecule has 0 spiro atoms. The molecular formula is C23H46CaO4. The van der Waals surface area contributed by atoms with E-state index in [-0.39, 0.29) is 33.8 Å². The summed E-state index contributed by atoms with van der Waals surface area (Å²) in [7, 11) is 0. The van der Waals surface area contributed by atoms with Crippen molar-refractivity contribution in [2.24, 2.45) is 0 Å². The van der Waals surface area contributed by atoms with E-state index in [4.69, 9.17) is 10.2 Å². The second kappa shape index (κ2) is 27.2. The molecule has 0 aromatic carbocycles. The van der Waals surface area contributed by atoms with Crippen LogP contribution in [0.2, 0.25) is 5.04 Å². The maximum absolute atomic E-state index is 9.43. The minimum absolute atomic E-state index is 0.0921. The third-order valence-electron chi connectivity index (χ3n) is 5.01. The molecule has 164 valence electrons. The number of unbranched alkanes of at least 4 members (excludes halogenated alkanes) is 14. The average Bonchev–Trinajstić information content (AvgIpc) is 2.63. The number of aliphatic carboxylic acids is 2. The molecule has 0 unspecified atom stereocenters. The zero-order valence-corrected chi connectivity index (χ0v) is 21.1. The summed E-state index contributed by atoms with van der Waals surface area (Å²) in [5.74, 6) is -2.62. The average molecular weight is 427 g/mol. The maximum Gasteiger partial charge on any atom is 0.314 e. The van der Waals surface area contributed by atoms with E-state index in [0.29, 0.717) is 0 Å². The van der Waals surface area contributed by atoms with E-state index in [0.717, 1.165) is 0 Å². The first-order chi connectivity index (χ1) is 13.5. The standard InChI is InChI=1S/C12H25.C8H17.C3H4O4.Ca/c1-3-5-7-9-11-12-10-8-6-4-2;1-3-5-7-8-6-4-2;4-2(5)1-3(6)7;/h1,3-12H2,2H3;1,3-8H2,2H3;1H2,(H,4,5)(H,6,7);. The van der Waals surface area contributed by atoms with E-state index < -0.39 is 18.4 Å². The fourth-order valence-electron chi connectivity index (χ4n) is 3.28. The molecule has 0 aliphatic rings. The number of carboxylic acid groups (broad SMARTS) is 2. The molecule has 0 heterocycles. The molecule has 28 heavy (non-hydrogen) atoms. The minimum atomic E-state index is -1.31. The Bertz CT molecular complexity index is 305. The van der Waals surface area contributed by atoms with Gasteiger partial charge in [-0.2, -0.15) is 0 Å². The topological polar surface area (TPSA) is 74.6 Å². The molecule has 0 aliphatic carbocycles. The molecule has 0 aromatic heterocycles. The molecular weight excluding hydrogens is 380 g/mol. The van der Waals surface area contributed by atoms with E-state index in [1.54, 1.807) is 17.9 Å². The van der Waals surface area contributed by atoms with Gasteiger partial charge >= 0.3 is 167 Å². The molecule has 2 N–H and O–H groups in total. The fourth-order valence-corrected chi connectivity index (χ4v) is 6.04. The van der Waals surface area contributed by atoms with Gasteiger partial charge in [-0.25, -0.2) is 0 Å². The van der Waals surface area contributed by atoms with Gasteiger partial charge in [0.15, 0.2) is 0 Å². The summed E-state index contributed by atoms with van der Waals surface area (Å²) in [6.07, 6.45) is 23.1. The van der Waals surface area contributed by atoms with Gasteiger partial charge < -0.3 is 10.2 Å². The molecule has 0 atom stereocenters. The van der Waals surface area contributed by atoms with Crippen LogP contribution in [0.3, 0.4) is 0 Å². The van der Waals surface area contributed by atoms with Crippen molar-refractivity contribution in [1.29, 1.82) is 0 Å². The zero-order valence-electron chi connectivity index (χ0n) is 18.9. The third kappa shape index (κ3) is 33.8. The Kier molecular flexibility index (Phi) is 29.5. The zero-order chi connectivity index (χ0) is 21.3. The Balaban J connectivity index is 0. The van der Waals surface area contributed by atoms with Crippen LogP contribution in [0.15, 0.2) is 0 Å². The van der Waals surface area contributed by atoms with Crippen LogP contribution < -0.4 is 0 Å². The van der Waals surface area contributed by atoms with Crippen molar-refractivity contribution in [2.75, 3.05) is 0 Å². The molecule has 0 radical (unpaired) electrons. The maximum atomic E-state index is 9.43. The van der Waals surface area contributed by atoms with E-state index in [9.17, 15) is 9.59 Å². The second-order valence-corrected chi connectivity index (χ2v) is 11.3.